The number of rotatable bonds is 5. The van der Waals surface area contributed by atoms with E-state index >= 15 is 0 Å². The topological polar surface area (TPSA) is 26.0 Å². The zero-order chi connectivity index (χ0) is 7.82. The van der Waals surface area contributed by atoms with Gasteiger partial charge in [-0.1, -0.05) is 31.9 Å². The Morgan fingerprint density at radius 1 is 1.50 bits per heavy atom. The molecular weight excluding hydrogens is 122 g/mol. The average Bonchev–Trinajstić information content (AvgIpc) is 1.89. The summed E-state index contributed by atoms with van der Waals surface area (Å²) in [6.07, 6.45) is 8.29. The molecule has 0 aromatic heterocycles. The van der Waals surface area contributed by atoms with E-state index in [9.17, 15) is 0 Å². The molecule has 0 unspecified atom stereocenters. The fraction of sp³-hybridized carbons (Fsp3) is 0.556. The van der Waals surface area contributed by atoms with Crippen molar-refractivity contribution in [3.8, 4) is 0 Å². The van der Waals surface area contributed by atoms with Crippen LogP contribution in [0.3, 0.4) is 0 Å². The molecule has 0 heterocycles. The van der Waals surface area contributed by atoms with Crippen LogP contribution in [0, 0.1) is 0 Å². The van der Waals surface area contributed by atoms with E-state index in [-0.39, 0.29) is 0 Å². The zero-order valence-electron chi connectivity index (χ0n) is 6.77. The molecular formula is C9H17N. The summed E-state index contributed by atoms with van der Waals surface area (Å²) in [4.78, 5) is 0. The van der Waals surface area contributed by atoms with E-state index in [1.54, 1.807) is 6.20 Å². The van der Waals surface area contributed by atoms with Crippen molar-refractivity contribution in [1.29, 1.82) is 0 Å². The molecule has 1 nitrogen and oxygen atoms in total. The summed E-state index contributed by atoms with van der Waals surface area (Å²) in [5.41, 5.74) is 6.33. The second-order valence-electron chi connectivity index (χ2n) is 2.47. The highest BCUT2D eigenvalue weighted by atomic mass is 14.5. The van der Waals surface area contributed by atoms with Crippen molar-refractivity contribution < 1.29 is 0 Å². The van der Waals surface area contributed by atoms with Crippen molar-refractivity contribution in [3.05, 3.63) is 24.4 Å². The van der Waals surface area contributed by atoms with Gasteiger partial charge in [0.25, 0.3) is 0 Å². The number of hydrogen-bond donors (Lipinski definition) is 1. The van der Waals surface area contributed by atoms with Gasteiger partial charge in [0.15, 0.2) is 0 Å². The summed E-state index contributed by atoms with van der Waals surface area (Å²) in [6, 6.07) is 0. The molecule has 0 amide bonds. The van der Waals surface area contributed by atoms with Crippen LogP contribution in [0.4, 0.5) is 0 Å². The van der Waals surface area contributed by atoms with Crippen molar-refractivity contribution in [1.82, 2.24) is 0 Å². The number of hydrogen-bond acceptors (Lipinski definition) is 1. The fourth-order valence-electron chi connectivity index (χ4n) is 0.821. The molecule has 0 aromatic carbocycles. The molecule has 0 aliphatic carbocycles. The van der Waals surface area contributed by atoms with Gasteiger partial charge in [-0.25, -0.2) is 0 Å². The first-order valence-electron chi connectivity index (χ1n) is 3.87. The van der Waals surface area contributed by atoms with Crippen LogP contribution in [-0.4, -0.2) is 0 Å². The van der Waals surface area contributed by atoms with Crippen LogP contribution < -0.4 is 5.73 Å². The molecule has 2 N–H and O–H groups in total. The Morgan fingerprint density at radius 3 is 2.70 bits per heavy atom. The maximum absolute atomic E-state index is 5.19. The minimum Gasteiger partial charge on any atom is -0.405 e. The Morgan fingerprint density at radius 2 is 2.20 bits per heavy atom. The molecule has 0 aliphatic rings. The van der Waals surface area contributed by atoms with E-state index in [0.29, 0.717) is 0 Å². The highest BCUT2D eigenvalue weighted by Gasteiger charge is 1.87. The van der Waals surface area contributed by atoms with Crippen LogP contribution >= 0.6 is 0 Å². The summed E-state index contributed by atoms with van der Waals surface area (Å²) >= 11 is 0. The van der Waals surface area contributed by atoms with Crippen molar-refractivity contribution in [2.24, 2.45) is 5.73 Å². The summed E-state index contributed by atoms with van der Waals surface area (Å²) in [7, 11) is 0. The largest absolute Gasteiger partial charge is 0.405 e. The van der Waals surface area contributed by atoms with Crippen LogP contribution in [0.25, 0.3) is 0 Å². The molecule has 58 valence electrons. The fourth-order valence-corrected chi connectivity index (χ4v) is 0.821. The van der Waals surface area contributed by atoms with E-state index in [1.807, 2.05) is 6.08 Å². The van der Waals surface area contributed by atoms with Gasteiger partial charge in [-0.05, 0) is 25.1 Å². The van der Waals surface area contributed by atoms with E-state index in [2.05, 4.69) is 13.5 Å². The number of nitrogens with two attached hydrogens (primary N) is 1. The Hall–Kier alpha value is -0.720. The predicted molar refractivity (Wildman–Crippen MR) is 46.6 cm³/mol. The van der Waals surface area contributed by atoms with E-state index in [4.69, 9.17) is 5.73 Å². The lowest BCUT2D eigenvalue weighted by Gasteiger charge is -1.96. The van der Waals surface area contributed by atoms with Crippen molar-refractivity contribution in [2.75, 3.05) is 0 Å². The minimum absolute atomic E-state index is 1.08. The second kappa shape index (κ2) is 6.40. The molecule has 0 saturated heterocycles. The Kier molecular flexibility index (Phi) is 5.94. The lowest BCUT2D eigenvalue weighted by atomic mass is 10.1. The van der Waals surface area contributed by atoms with E-state index in [0.717, 1.165) is 12.0 Å². The van der Waals surface area contributed by atoms with Gasteiger partial charge >= 0.3 is 0 Å². The summed E-state index contributed by atoms with van der Waals surface area (Å²) < 4.78 is 0. The highest BCUT2D eigenvalue weighted by molar-refractivity contribution is 5.12. The lowest BCUT2D eigenvalue weighted by molar-refractivity contribution is 0.720. The van der Waals surface area contributed by atoms with Gasteiger partial charge in [0.2, 0.25) is 0 Å². The lowest BCUT2D eigenvalue weighted by Crippen LogP contribution is -1.81. The molecule has 0 radical (unpaired) electrons. The first kappa shape index (κ1) is 9.28. The van der Waals surface area contributed by atoms with Crippen molar-refractivity contribution in [3.63, 3.8) is 0 Å². The minimum atomic E-state index is 1.08. The van der Waals surface area contributed by atoms with Gasteiger partial charge < -0.3 is 5.73 Å². The first-order chi connectivity index (χ1) is 4.81. The van der Waals surface area contributed by atoms with Gasteiger partial charge in [0.1, 0.15) is 0 Å². The third kappa shape index (κ3) is 5.42. The van der Waals surface area contributed by atoms with Gasteiger partial charge in [0.05, 0.1) is 0 Å². The molecule has 1 heteroatoms. The van der Waals surface area contributed by atoms with Gasteiger partial charge in [-0.3, -0.25) is 0 Å². The number of unbranched alkanes of at least 4 members (excludes halogenated alkanes) is 2. The molecule has 0 fully saturated rings. The summed E-state index contributed by atoms with van der Waals surface area (Å²) in [6.45, 7) is 6.05. The SMILES string of the molecule is C=C(/C=C/N)CCCCC. The average molecular weight is 139 g/mol. The molecule has 0 aliphatic heterocycles. The second-order valence-corrected chi connectivity index (χ2v) is 2.47. The number of allylic oxidation sites excluding steroid dienone is 2. The normalized spacial score (nSPS) is 10.5. The monoisotopic (exact) mass is 139 g/mol. The smallest absolute Gasteiger partial charge is 0.00598 e. The van der Waals surface area contributed by atoms with Crippen molar-refractivity contribution >= 4 is 0 Å². The standard InChI is InChI=1S/C9H17N/c1-3-4-5-6-9(2)7-8-10/h7-8H,2-6,10H2,1H3/b8-7+. The van der Waals surface area contributed by atoms with Crippen LogP contribution in [0.1, 0.15) is 32.6 Å². The van der Waals surface area contributed by atoms with E-state index < -0.39 is 0 Å². The zero-order valence-corrected chi connectivity index (χ0v) is 6.77. The maximum atomic E-state index is 5.19. The molecule has 0 atom stereocenters. The van der Waals surface area contributed by atoms with Crippen molar-refractivity contribution in [2.45, 2.75) is 32.6 Å². The molecule has 0 saturated carbocycles. The summed E-state index contributed by atoms with van der Waals surface area (Å²) in [5, 5.41) is 0. The third-order valence-corrected chi connectivity index (χ3v) is 1.43. The van der Waals surface area contributed by atoms with Crippen LogP contribution in [0.5, 0.6) is 0 Å². The Labute approximate surface area is 63.6 Å². The first-order valence-corrected chi connectivity index (χ1v) is 3.87. The summed E-state index contributed by atoms with van der Waals surface area (Å²) in [5.74, 6) is 0. The molecule has 10 heavy (non-hydrogen) atoms. The Bertz CT molecular complexity index is 114. The highest BCUT2D eigenvalue weighted by Crippen LogP contribution is 2.06. The molecule has 0 spiro atoms. The van der Waals surface area contributed by atoms with Gasteiger partial charge in [-0.2, -0.15) is 0 Å². The van der Waals surface area contributed by atoms with E-state index in [1.165, 1.54) is 19.3 Å². The predicted octanol–water partition coefficient (Wildman–Crippen LogP) is 2.60. The quantitative estimate of drug-likeness (QED) is 0.460. The molecule has 0 rings (SSSR count). The van der Waals surface area contributed by atoms with Crippen LogP contribution in [-0.2, 0) is 0 Å². The molecule has 0 aromatic rings. The Balaban J connectivity index is 3.22. The van der Waals surface area contributed by atoms with Crippen LogP contribution in [0.2, 0.25) is 0 Å². The maximum Gasteiger partial charge on any atom is -0.00598 e. The third-order valence-electron chi connectivity index (χ3n) is 1.43. The van der Waals surface area contributed by atoms with Crippen LogP contribution in [0.15, 0.2) is 24.4 Å². The molecule has 0 bridgehead atoms. The van der Waals surface area contributed by atoms with Gasteiger partial charge in [-0.15, -0.1) is 0 Å². The van der Waals surface area contributed by atoms with Gasteiger partial charge in [0, 0.05) is 0 Å².